The summed E-state index contributed by atoms with van der Waals surface area (Å²) in [5.41, 5.74) is 5.39. The van der Waals surface area contributed by atoms with E-state index in [2.05, 4.69) is 29.4 Å². The molecule has 1 aliphatic heterocycles. The SMILES string of the molecule is Cc1ccc2c(C)c(CCC(=O)N3CCC(c4c[nH]c5ccccc45)CC3)c(=O)oc2c1. The Morgan fingerprint density at radius 3 is 2.69 bits per heavy atom. The number of nitrogens with one attached hydrogen (secondary N) is 1. The smallest absolute Gasteiger partial charge is 0.339 e. The first-order valence-corrected chi connectivity index (χ1v) is 11.4. The highest BCUT2D eigenvalue weighted by Crippen LogP contribution is 2.33. The van der Waals surface area contributed by atoms with Crippen LogP contribution in [-0.2, 0) is 11.2 Å². The third kappa shape index (κ3) is 3.72. The van der Waals surface area contributed by atoms with E-state index in [1.807, 2.05) is 43.0 Å². The molecule has 1 saturated heterocycles. The number of para-hydroxylation sites is 1. The summed E-state index contributed by atoms with van der Waals surface area (Å²) in [4.78, 5) is 30.8. The Morgan fingerprint density at radius 1 is 1.09 bits per heavy atom. The van der Waals surface area contributed by atoms with Crippen LogP contribution in [0.2, 0.25) is 0 Å². The maximum absolute atomic E-state index is 12.9. The summed E-state index contributed by atoms with van der Waals surface area (Å²) in [6.07, 6.45) is 4.80. The number of hydrogen-bond donors (Lipinski definition) is 1. The molecule has 0 bridgehead atoms. The molecular formula is C27H28N2O3. The molecule has 164 valence electrons. The van der Waals surface area contributed by atoms with E-state index < -0.39 is 0 Å². The Morgan fingerprint density at radius 2 is 1.88 bits per heavy atom. The highest BCUT2D eigenvalue weighted by molar-refractivity contribution is 5.84. The number of aromatic amines is 1. The largest absolute Gasteiger partial charge is 0.423 e. The number of amides is 1. The molecule has 1 fully saturated rings. The van der Waals surface area contributed by atoms with Crippen LogP contribution in [0.3, 0.4) is 0 Å². The van der Waals surface area contributed by atoms with Gasteiger partial charge in [-0.05, 0) is 67.9 Å². The van der Waals surface area contributed by atoms with E-state index in [9.17, 15) is 9.59 Å². The molecule has 4 aromatic rings. The van der Waals surface area contributed by atoms with Crippen LogP contribution in [0.4, 0.5) is 0 Å². The molecule has 0 radical (unpaired) electrons. The maximum Gasteiger partial charge on any atom is 0.339 e. The number of likely N-dealkylation sites (tertiary alicyclic amines) is 1. The van der Waals surface area contributed by atoms with Crippen molar-refractivity contribution in [1.29, 1.82) is 0 Å². The van der Waals surface area contributed by atoms with E-state index in [1.54, 1.807) is 0 Å². The first-order valence-electron chi connectivity index (χ1n) is 11.4. The van der Waals surface area contributed by atoms with Gasteiger partial charge in [-0.3, -0.25) is 4.79 Å². The highest BCUT2D eigenvalue weighted by Gasteiger charge is 2.25. The van der Waals surface area contributed by atoms with Crippen molar-refractivity contribution in [2.45, 2.75) is 45.4 Å². The number of rotatable bonds is 4. The van der Waals surface area contributed by atoms with Crippen molar-refractivity contribution in [1.82, 2.24) is 9.88 Å². The average Bonchev–Trinajstić information content (AvgIpc) is 3.23. The summed E-state index contributed by atoms with van der Waals surface area (Å²) in [5.74, 6) is 0.582. The summed E-state index contributed by atoms with van der Waals surface area (Å²) in [7, 11) is 0. The van der Waals surface area contributed by atoms with Crippen molar-refractivity contribution in [2.24, 2.45) is 0 Å². The minimum atomic E-state index is -0.327. The van der Waals surface area contributed by atoms with E-state index in [1.165, 1.54) is 16.5 Å². The standard InChI is InChI=1S/C27H28N2O3/c1-17-7-8-20-18(2)21(27(31)32-25(20)15-17)9-10-26(30)29-13-11-19(12-14-29)23-16-28-24-6-4-3-5-22(23)24/h3-8,15-16,19,28H,9-14H2,1-2H3. The zero-order valence-electron chi connectivity index (χ0n) is 18.6. The number of H-pyrrole nitrogens is 1. The zero-order valence-corrected chi connectivity index (χ0v) is 18.6. The summed E-state index contributed by atoms with van der Waals surface area (Å²) in [6, 6.07) is 14.3. The zero-order chi connectivity index (χ0) is 22.2. The van der Waals surface area contributed by atoms with Crippen molar-refractivity contribution in [3.8, 4) is 0 Å². The van der Waals surface area contributed by atoms with E-state index in [0.29, 0.717) is 29.9 Å². The molecule has 1 N–H and O–H groups in total. The summed E-state index contributed by atoms with van der Waals surface area (Å²) >= 11 is 0. The predicted molar refractivity (Wildman–Crippen MR) is 127 cm³/mol. The third-order valence-corrected chi connectivity index (χ3v) is 6.94. The number of piperidine rings is 1. The van der Waals surface area contributed by atoms with E-state index in [0.717, 1.165) is 42.4 Å². The van der Waals surface area contributed by atoms with Gasteiger partial charge in [-0.15, -0.1) is 0 Å². The minimum absolute atomic E-state index is 0.116. The Hall–Kier alpha value is -3.34. The number of aromatic nitrogens is 1. The Labute approximate surface area is 187 Å². The van der Waals surface area contributed by atoms with Crippen molar-refractivity contribution in [3.63, 3.8) is 0 Å². The number of fused-ring (bicyclic) bond motifs is 2. The van der Waals surface area contributed by atoms with Crippen LogP contribution >= 0.6 is 0 Å². The molecule has 3 heterocycles. The minimum Gasteiger partial charge on any atom is -0.423 e. The highest BCUT2D eigenvalue weighted by atomic mass is 16.4. The van der Waals surface area contributed by atoms with Crippen molar-refractivity contribution in [3.05, 3.63) is 81.3 Å². The molecule has 0 saturated carbocycles. The number of carbonyl (C=O) groups excluding carboxylic acids is 1. The second-order valence-corrected chi connectivity index (χ2v) is 8.94. The lowest BCUT2D eigenvalue weighted by Gasteiger charge is -2.32. The molecule has 32 heavy (non-hydrogen) atoms. The normalized spacial score (nSPS) is 15.0. The van der Waals surface area contributed by atoms with Crippen molar-refractivity contribution < 1.29 is 9.21 Å². The van der Waals surface area contributed by atoms with E-state index in [-0.39, 0.29) is 11.5 Å². The quantitative estimate of drug-likeness (QED) is 0.453. The average molecular weight is 429 g/mol. The number of nitrogens with zero attached hydrogens (tertiary/aromatic N) is 1. The van der Waals surface area contributed by atoms with Crippen LogP contribution in [0, 0.1) is 13.8 Å². The van der Waals surface area contributed by atoms with Crippen LogP contribution < -0.4 is 5.63 Å². The molecule has 0 spiro atoms. The molecule has 0 unspecified atom stereocenters. The lowest BCUT2D eigenvalue weighted by atomic mass is 9.89. The monoisotopic (exact) mass is 428 g/mol. The number of aryl methyl sites for hydroxylation is 2. The third-order valence-electron chi connectivity index (χ3n) is 6.94. The second-order valence-electron chi connectivity index (χ2n) is 8.94. The van der Waals surface area contributed by atoms with Gasteiger partial charge in [-0.25, -0.2) is 4.79 Å². The molecule has 5 heteroatoms. The Balaban J connectivity index is 1.24. The van der Waals surface area contributed by atoms with Gasteiger partial charge in [0.25, 0.3) is 0 Å². The molecule has 5 rings (SSSR count). The van der Waals surface area contributed by atoms with Gasteiger partial charge in [0.2, 0.25) is 5.91 Å². The van der Waals surface area contributed by atoms with Gasteiger partial charge >= 0.3 is 5.63 Å². The van der Waals surface area contributed by atoms with E-state index >= 15 is 0 Å². The van der Waals surface area contributed by atoms with E-state index in [4.69, 9.17) is 4.42 Å². The lowest BCUT2D eigenvalue weighted by molar-refractivity contribution is -0.132. The van der Waals surface area contributed by atoms with Gasteiger partial charge in [0, 0.05) is 47.6 Å². The fraction of sp³-hybridized carbons (Fsp3) is 0.333. The molecule has 2 aromatic carbocycles. The van der Waals surface area contributed by atoms with Gasteiger partial charge in [0.1, 0.15) is 5.58 Å². The van der Waals surface area contributed by atoms with Crippen LogP contribution in [0.15, 0.2) is 57.9 Å². The summed E-state index contributed by atoms with van der Waals surface area (Å²) in [5, 5.41) is 2.23. The van der Waals surface area contributed by atoms with Gasteiger partial charge < -0.3 is 14.3 Å². The molecule has 1 amide bonds. The fourth-order valence-electron chi connectivity index (χ4n) is 5.05. The van der Waals surface area contributed by atoms with Crippen molar-refractivity contribution >= 4 is 27.8 Å². The van der Waals surface area contributed by atoms with Gasteiger partial charge in [0.15, 0.2) is 0 Å². The molecule has 0 aliphatic carbocycles. The molecule has 0 atom stereocenters. The molecule has 2 aromatic heterocycles. The molecular weight excluding hydrogens is 400 g/mol. The Bertz CT molecular complexity index is 1360. The first-order chi connectivity index (χ1) is 15.5. The van der Waals surface area contributed by atoms with Crippen LogP contribution in [0.1, 0.15) is 47.4 Å². The van der Waals surface area contributed by atoms with Crippen molar-refractivity contribution in [2.75, 3.05) is 13.1 Å². The van der Waals surface area contributed by atoms with Gasteiger partial charge in [-0.1, -0.05) is 30.3 Å². The maximum atomic E-state index is 12.9. The topological polar surface area (TPSA) is 66.3 Å². The number of benzene rings is 2. The van der Waals surface area contributed by atoms with Gasteiger partial charge in [-0.2, -0.15) is 0 Å². The number of carbonyl (C=O) groups is 1. The van der Waals surface area contributed by atoms with Crippen LogP contribution in [0.25, 0.3) is 21.9 Å². The molecule has 1 aliphatic rings. The van der Waals surface area contributed by atoms with Crippen LogP contribution in [-0.4, -0.2) is 28.9 Å². The van der Waals surface area contributed by atoms with Gasteiger partial charge in [0.05, 0.1) is 0 Å². The Kier molecular flexibility index (Phi) is 5.33. The summed E-state index contributed by atoms with van der Waals surface area (Å²) < 4.78 is 5.54. The first kappa shape index (κ1) is 20.6. The molecule has 5 nitrogen and oxygen atoms in total. The fourth-order valence-corrected chi connectivity index (χ4v) is 5.05. The predicted octanol–water partition coefficient (Wildman–Crippen LogP) is 5.23. The summed E-state index contributed by atoms with van der Waals surface area (Å²) in [6.45, 7) is 5.44. The second kappa shape index (κ2) is 8.30. The lowest BCUT2D eigenvalue weighted by Crippen LogP contribution is -2.38. The van der Waals surface area contributed by atoms with Crippen LogP contribution in [0.5, 0.6) is 0 Å². The number of hydrogen-bond acceptors (Lipinski definition) is 3.